The molecule has 2 aromatic carbocycles. The molecule has 0 saturated heterocycles. The second-order valence-corrected chi connectivity index (χ2v) is 6.12. The number of hydrogen-bond acceptors (Lipinski definition) is 5. The highest BCUT2D eigenvalue weighted by Gasteiger charge is 2.10. The molecule has 0 aliphatic carbocycles. The summed E-state index contributed by atoms with van der Waals surface area (Å²) >= 11 is 1.55. The smallest absolute Gasteiger partial charge is 0.338 e. The highest BCUT2D eigenvalue weighted by molar-refractivity contribution is 7.22. The van der Waals surface area contributed by atoms with Crippen LogP contribution in [0.5, 0.6) is 0 Å². The Bertz CT molecular complexity index is 799. The minimum atomic E-state index is -0.290. The molecule has 0 bridgehead atoms. The van der Waals surface area contributed by atoms with Crippen LogP contribution in [0.15, 0.2) is 48.5 Å². The molecule has 3 aromatic rings. The van der Waals surface area contributed by atoms with Gasteiger partial charge in [0, 0.05) is 6.54 Å². The van der Waals surface area contributed by atoms with Gasteiger partial charge in [0.15, 0.2) is 5.13 Å². The number of benzene rings is 2. The molecule has 0 saturated carbocycles. The monoisotopic (exact) mass is 326 g/mol. The normalized spacial score (nSPS) is 10.7. The number of rotatable bonds is 6. The van der Waals surface area contributed by atoms with Gasteiger partial charge in [-0.1, -0.05) is 41.7 Å². The van der Waals surface area contributed by atoms with E-state index in [1.54, 1.807) is 24.3 Å². The van der Waals surface area contributed by atoms with Crippen molar-refractivity contribution in [2.45, 2.75) is 13.3 Å². The average molecular weight is 326 g/mol. The third kappa shape index (κ3) is 3.87. The number of carbonyl (C=O) groups is 1. The summed E-state index contributed by atoms with van der Waals surface area (Å²) in [5.41, 5.74) is 2.76. The first-order chi connectivity index (χ1) is 11.3. The highest BCUT2D eigenvalue weighted by atomic mass is 32.1. The van der Waals surface area contributed by atoms with Gasteiger partial charge in [-0.15, -0.1) is 0 Å². The predicted molar refractivity (Wildman–Crippen MR) is 94.2 cm³/mol. The Morgan fingerprint density at radius 1 is 1.22 bits per heavy atom. The average Bonchev–Trinajstić information content (AvgIpc) is 2.98. The van der Waals surface area contributed by atoms with Gasteiger partial charge in [-0.05, 0) is 37.1 Å². The van der Waals surface area contributed by atoms with E-state index >= 15 is 0 Å². The topological polar surface area (TPSA) is 51.2 Å². The van der Waals surface area contributed by atoms with Crippen LogP contribution in [0.1, 0.15) is 22.8 Å². The molecule has 3 rings (SSSR count). The molecule has 0 aliphatic rings. The number of ether oxygens (including phenoxy) is 1. The minimum Gasteiger partial charge on any atom is -0.462 e. The summed E-state index contributed by atoms with van der Waals surface area (Å²) in [5, 5.41) is 4.22. The number of fused-ring (bicyclic) bond motifs is 1. The zero-order valence-electron chi connectivity index (χ0n) is 12.9. The summed E-state index contributed by atoms with van der Waals surface area (Å²) in [6, 6.07) is 15.8. The van der Waals surface area contributed by atoms with Crippen LogP contribution in [0.4, 0.5) is 5.13 Å². The van der Waals surface area contributed by atoms with Crippen LogP contribution in [-0.2, 0) is 11.2 Å². The molecule has 23 heavy (non-hydrogen) atoms. The quantitative estimate of drug-likeness (QED) is 0.692. The first kappa shape index (κ1) is 15.5. The molecule has 0 unspecified atom stereocenters. The fourth-order valence-electron chi connectivity index (χ4n) is 2.30. The van der Waals surface area contributed by atoms with Crippen LogP contribution in [0.2, 0.25) is 0 Å². The molecule has 1 N–H and O–H groups in total. The van der Waals surface area contributed by atoms with Crippen molar-refractivity contribution in [2.24, 2.45) is 0 Å². The van der Waals surface area contributed by atoms with Crippen molar-refractivity contribution < 1.29 is 9.53 Å². The van der Waals surface area contributed by atoms with E-state index in [1.807, 2.05) is 30.3 Å². The lowest BCUT2D eigenvalue weighted by atomic mass is 10.1. The predicted octanol–water partition coefficient (Wildman–Crippen LogP) is 4.13. The Hall–Kier alpha value is -2.40. The summed E-state index contributed by atoms with van der Waals surface area (Å²) in [6.07, 6.45) is 0.949. The summed E-state index contributed by atoms with van der Waals surface area (Å²) < 4.78 is 6.01. The van der Waals surface area contributed by atoms with Crippen molar-refractivity contribution in [1.29, 1.82) is 0 Å². The second-order valence-electron chi connectivity index (χ2n) is 5.08. The molecule has 118 valence electrons. The Labute approximate surface area is 139 Å². The molecule has 0 aliphatic heterocycles. The Morgan fingerprint density at radius 2 is 2.04 bits per heavy atom. The third-order valence-electron chi connectivity index (χ3n) is 3.43. The van der Waals surface area contributed by atoms with Crippen LogP contribution in [0.25, 0.3) is 10.2 Å². The summed E-state index contributed by atoms with van der Waals surface area (Å²) in [5.74, 6) is -0.290. The van der Waals surface area contributed by atoms with Crippen LogP contribution in [0.3, 0.4) is 0 Å². The first-order valence-corrected chi connectivity index (χ1v) is 8.43. The van der Waals surface area contributed by atoms with Gasteiger partial charge in [0.1, 0.15) is 0 Å². The SMILES string of the molecule is CCOC(=O)c1ccc2nc(NCCc3ccccc3)sc2c1. The minimum absolute atomic E-state index is 0.290. The van der Waals surface area contributed by atoms with Gasteiger partial charge < -0.3 is 10.1 Å². The van der Waals surface area contributed by atoms with Crippen molar-refractivity contribution >= 4 is 32.7 Å². The van der Waals surface area contributed by atoms with Crippen LogP contribution < -0.4 is 5.32 Å². The van der Waals surface area contributed by atoms with Crippen LogP contribution in [0, 0.1) is 0 Å². The van der Waals surface area contributed by atoms with E-state index in [2.05, 4.69) is 22.4 Å². The van der Waals surface area contributed by atoms with E-state index in [1.165, 1.54) is 5.56 Å². The number of aromatic nitrogens is 1. The van der Waals surface area contributed by atoms with Crippen molar-refractivity contribution in [3.63, 3.8) is 0 Å². The summed E-state index contributed by atoms with van der Waals surface area (Å²) in [6.45, 7) is 3.01. The zero-order chi connectivity index (χ0) is 16.1. The molecular weight excluding hydrogens is 308 g/mol. The largest absolute Gasteiger partial charge is 0.462 e. The number of nitrogens with one attached hydrogen (secondary N) is 1. The highest BCUT2D eigenvalue weighted by Crippen LogP contribution is 2.27. The fraction of sp³-hybridized carbons (Fsp3) is 0.222. The molecular formula is C18H18N2O2S. The molecule has 0 fully saturated rings. The number of nitrogens with zero attached hydrogens (tertiary/aromatic N) is 1. The van der Waals surface area contributed by atoms with E-state index < -0.39 is 0 Å². The van der Waals surface area contributed by atoms with Crippen LogP contribution in [-0.4, -0.2) is 24.1 Å². The number of thiazole rings is 1. The first-order valence-electron chi connectivity index (χ1n) is 7.62. The molecule has 0 radical (unpaired) electrons. The van der Waals surface area contributed by atoms with Gasteiger partial charge in [0.25, 0.3) is 0 Å². The standard InChI is InChI=1S/C18H18N2O2S/c1-2-22-17(21)14-8-9-15-16(12-14)23-18(20-15)19-11-10-13-6-4-3-5-7-13/h3-9,12H,2,10-11H2,1H3,(H,19,20). The molecule has 1 heterocycles. The number of anilines is 1. The summed E-state index contributed by atoms with van der Waals surface area (Å²) in [7, 11) is 0. The van der Waals surface area contributed by atoms with Crippen molar-refractivity contribution in [3.05, 3.63) is 59.7 Å². The maximum atomic E-state index is 11.8. The van der Waals surface area contributed by atoms with Gasteiger partial charge in [0.2, 0.25) is 0 Å². The third-order valence-corrected chi connectivity index (χ3v) is 4.41. The number of hydrogen-bond donors (Lipinski definition) is 1. The number of carbonyl (C=O) groups excluding carboxylic acids is 1. The molecule has 4 nitrogen and oxygen atoms in total. The van der Waals surface area contributed by atoms with E-state index in [-0.39, 0.29) is 5.97 Å². The zero-order valence-corrected chi connectivity index (χ0v) is 13.7. The molecule has 0 amide bonds. The van der Waals surface area contributed by atoms with E-state index in [0.717, 1.165) is 28.3 Å². The number of esters is 1. The molecule has 1 aromatic heterocycles. The van der Waals surface area contributed by atoms with Gasteiger partial charge in [-0.2, -0.15) is 0 Å². The molecule has 0 atom stereocenters. The van der Waals surface area contributed by atoms with Crippen molar-refractivity contribution in [2.75, 3.05) is 18.5 Å². The Morgan fingerprint density at radius 3 is 2.83 bits per heavy atom. The van der Waals surface area contributed by atoms with E-state index in [9.17, 15) is 4.79 Å². The van der Waals surface area contributed by atoms with Gasteiger partial charge in [0.05, 0.1) is 22.4 Å². The Kier molecular flexibility index (Phi) is 4.88. The van der Waals surface area contributed by atoms with Gasteiger partial charge >= 0.3 is 5.97 Å². The second kappa shape index (κ2) is 7.24. The lowest BCUT2D eigenvalue weighted by molar-refractivity contribution is 0.0526. The summed E-state index contributed by atoms with van der Waals surface area (Å²) in [4.78, 5) is 16.3. The maximum Gasteiger partial charge on any atom is 0.338 e. The van der Waals surface area contributed by atoms with Gasteiger partial charge in [-0.25, -0.2) is 9.78 Å². The maximum absolute atomic E-state index is 11.8. The lowest BCUT2D eigenvalue weighted by Gasteiger charge is -2.02. The van der Waals surface area contributed by atoms with E-state index in [4.69, 9.17) is 4.74 Å². The Balaban J connectivity index is 1.66. The lowest BCUT2D eigenvalue weighted by Crippen LogP contribution is -2.04. The van der Waals surface area contributed by atoms with Crippen molar-refractivity contribution in [3.8, 4) is 0 Å². The van der Waals surface area contributed by atoms with Crippen molar-refractivity contribution in [1.82, 2.24) is 4.98 Å². The molecule has 0 spiro atoms. The van der Waals surface area contributed by atoms with Gasteiger partial charge in [-0.3, -0.25) is 0 Å². The van der Waals surface area contributed by atoms with Crippen LogP contribution >= 0.6 is 11.3 Å². The van der Waals surface area contributed by atoms with E-state index in [0.29, 0.717) is 12.2 Å². The fourth-order valence-corrected chi connectivity index (χ4v) is 3.23. The molecule has 5 heteroatoms.